The topological polar surface area (TPSA) is 15.3 Å². The Balaban J connectivity index is 1.45. The summed E-state index contributed by atoms with van der Waals surface area (Å²) in [4.78, 5) is 2.62. The largest absolute Gasteiger partial charge is 0.312 e. The molecule has 2 atom stereocenters. The van der Waals surface area contributed by atoms with Gasteiger partial charge in [-0.2, -0.15) is 0 Å². The highest BCUT2D eigenvalue weighted by Gasteiger charge is 2.37. The van der Waals surface area contributed by atoms with Gasteiger partial charge in [0.1, 0.15) is 0 Å². The summed E-state index contributed by atoms with van der Waals surface area (Å²) in [7, 11) is 2.32. The van der Waals surface area contributed by atoms with E-state index in [1.165, 1.54) is 37.8 Å². The molecule has 2 heterocycles. The van der Waals surface area contributed by atoms with Crippen LogP contribution in [0, 0.1) is 5.92 Å². The third-order valence-corrected chi connectivity index (χ3v) is 4.80. The van der Waals surface area contributed by atoms with Gasteiger partial charge in [0.15, 0.2) is 0 Å². The fourth-order valence-electron chi connectivity index (χ4n) is 3.71. The van der Waals surface area contributed by atoms with Gasteiger partial charge in [0, 0.05) is 18.6 Å². The normalized spacial score (nSPS) is 31.7. The number of hydrogen-bond donors (Lipinski definition) is 1. The van der Waals surface area contributed by atoms with Gasteiger partial charge >= 0.3 is 0 Å². The number of nitrogens with zero attached hydrogens (tertiary/aromatic N) is 1. The number of hydrogen-bond acceptors (Lipinski definition) is 2. The van der Waals surface area contributed by atoms with E-state index in [9.17, 15) is 0 Å². The molecular formula is C16H24N2. The molecule has 0 aliphatic carbocycles. The van der Waals surface area contributed by atoms with Gasteiger partial charge in [-0.05, 0) is 50.8 Å². The van der Waals surface area contributed by atoms with Gasteiger partial charge in [0.05, 0.1) is 0 Å². The van der Waals surface area contributed by atoms with Crippen molar-refractivity contribution in [2.24, 2.45) is 5.92 Å². The molecule has 18 heavy (non-hydrogen) atoms. The molecule has 2 aliphatic heterocycles. The first-order valence-electron chi connectivity index (χ1n) is 7.29. The minimum Gasteiger partial charge on any atom is -0.312 e. The van der Waals surface area contributed by atoms with E-state index in [1.54, 1.807) is 0 Å². The van der Waals surface area contributed by atoms with Gasteiger partial charge in [-0.3, -0.25) is 0 Å². The summed E-state index contributed by atoms with van der Waals surface area (Å²) in [5.41, 5.74) is 1.40. The number of benzene rings is 1. The molecule has 1 aromatic carbocycles. The number of nitrogens with one attached hydrogen (secondary N) is 1. The lowest BCUT2D eigenvalue weighted by molar-refractivity contribution is 0.133. The van der Waals surface area contributed by atoms with Crippen LogP contribution in [0.2, 0.25) is 0 Å². The van der Waals surface area contributed by atoms with Crippen molar-refractivity contribution in [3.05, 3.63) is 35.9 Å². The molecule has 1 aromatic rings. The average molecular weight is 244 g/mol. The van der Waals surface area contributed by atoms with E-state index in [2.05, 4.69) is 47.6 Å². The Hall–Kier alpha value is -0.860. The first kappa shape index (κ1) is 12.2. The van der Waals surface area contributed by atoms with Gasteiger partial charge in [0.2, 0.25) is 0 Å². The van der Waals surface area contributed by atoms with Crippen molar-refractivity contribution in [1.82, 2.24) is 10.2 Å². The lowest BCUT2D eigenvalue weighted by Gasteiger charge is -2.36. The Kier molecular flexibility index (Phi) is 3.67. The van der Waals surface area contributed by atoms with E-state index in [4.69, 9.17) is 0 Å². The van der Waals surface area contributed by atoms with Crippen molar-refractivity contribution in [2.45, 2.75) is 44.3 Å². The standard InChI is InChI=1S/C16H24N2/c1-18-15-7-8-16(18)10-14(9-15)12-17-11-13-5-3-2-4-6-13/h2-6,14-17H,7-12H2,1H3. The fourth-order valence-corrected chi connectivity index (χ4v) is 3.71. The summed E-state index contributed by atoms with van der Waals surface area (Å²) in [6.45, 7) is 2.21. The van der Waals surface area contributed by atoms with Crippen molar-refractivity contribution in [1.29, 1.82) is 0 Å². The lowest BCUT2D eigenvalue weighted by atomic mass is 9.91. The zero-order valence-corrected chi connectivity index (χ0v) is 11.3. The third-order valence-electron chi connectivity index (χ3n) is 4.80. The van der Waals surface area contributed by atoms with E-state index in [0.717, 1.165) is 24.5 Å². The third kappa shape index (κ3) is 2.60. The molecule has 2 nitrogen and oxygen atoms in total. The lowest BCUT2D eigenvalue weighted by Crippen LogP contribution is -2.42. The van der Waals surface area contributed by atoms with Crippen LogP contribution < -0.4 is 5.32 Å². The highest BCUT2D eigenvalue weighted by Crippen LogP contribution is 2.36. The van der Waals surface area contributed by atoms with Crippen LogP contribution in [0.1, 0.15) is 31.2 Å². The average Bonchev–Trinajstić information content (AvgIpc) is 2.64. The SMILES string of the molecule is CN1C2CCC1CC(CNCc1ccccc1)C2. The van der Waals surface area contributed by atoms with Crippen LogP contribution in [-0.4, -0.2) is 30.6 Å². The number of rotatable bonds is 4. The minimum absolute atomic E-state index is 0.868. The van der Waals surface area contributed by atoms with E-state index >= 15 is 0 Å². The molecule has 0 spiro atoms. The molecule has 2 saturated heterocycles. The van der Waals surface area contributed by atoms with Crippen LogP contribution in [-0.2, 0) is 6.54 Å². The van der Waals surface area contributed by atoms with E-state index in [-0.39, 0.29) is 0 Å². The Morgan fingerprint density at radius 1 is 1.11 bits per heavy atom. The zero-order chi connectivity index (χ0) is 12.4. The van der Waals surface area contributed by atoms with E-state index in [1.807, 2.05) is 0 Å². The molecule has 3 rings (SSSR count). The summed E-state index contributed by atoms with van der Waals surface area (Å²) in [5.74, 6) is 0.891. The first-order chi connectivity index (χ1) is 8.83. The molecule has 0 aromatic heterocycles. The highest BCUT2D eigenvalue weighted by atomic mass is 15.2. The van der Waals surface area contributed by atoms with Crippen molar-refractivity contribution >= 4 is 0 Å². The highest BCUT2D eigenvalue weighted by molar-refractivity contribution is 5.14. The second-order valence-electron chi connectivity index (χ2n) is 6.00. The predicted molar refractivity (Wildman–Crippen MR) is 75.4 cm³/mol. The molecule has 2 aliphatic rings. The summed E-state index contributed by atoms with van der Waals surface area (Å²) < 4.78 is 0. The van der Waals surface area contributed by atoms with Crippen LogP contribution in [0.3, 0.4) is 0 Å². The molecule has 2 heteroatoms. The van der Waals surface area contributed by atoms with Crippen LogP contribution in [0.4, 0.5) is 0 Å². The van der Waals surface area contributed by atoms with Crippen molar-refractivity contribution in [3.63, 3.8) is 0 Å². The van der Waals surface area contributed by atoms with Crippen LogP contribution in [0.15, 0.2) is 30.3 Å². The first-order valence-corrected chi connectivity index (χ1v) is 7.29. The van der Waals surface area contributed by atoms with Gasteiger partial charge < -0.3 is 10.2 Å². The van der Waals surface area contributed by atoms with Crippen LogP contribution in [0.25, 0.3) is 0 Å². The maximum atomic E-state index is 3.64. The quantitative estimate of drug-likeness (QED) is 0.876. The van der Waals surface area contributed by atoms with Gasteiger partial charge in [0.25, 0.3) is 0 Å². The second kappa shape index (κ2) is 5.41. The maximum Gasteiger partial charge on any atom is 0.0205 e. The molecule has 0 amide bonds. The smallest absolute Gasteiger partial charge is 0.0205 e. The number of fused-ring (bicyclic) bond motifs is 2. The van der Waals surface area contributed by atoms with Crippen molar-refractivity contribution in [2.75, 3.05) is 13.6 Å². The predicted octanol–water partition coefficient (Wildman–Crippen LogP) is 2.65. The van der Waals surface area contributed by atoms with E-state index in [0.29, 0.717) is 0 Å². The Morgan fingerprint density at radius 3 is 2.44 bits per heavy atom. The summed E-state index contributed by atoms with van der Waals surface area (Å²) in [6.07, 6.45) is 5.65. The number of piperidine rings is 1. The Bertz CT molecular complexity index is 362. The molecular weight excluding hydrogens is 220 g/mol. The van der Waals surface area contributed by atoms with Gasteiger partial charge in [-0.1, -0.05) is 30.3 Å². The Morgan fingerprint density at radius 2 is 1.78 bits per heavy atom. The molecule has 2 fully saturated rings. The van der Waals surface area contributed by atoms with Crippen molar-refractivity contribution < 1.29 is 0 Å². The Labute approximate surface area is 110 Å². The summed E-state index contributed by atoms with van der Waals surface area (Å²) >= 11 is 0. The second-order valence-corrected chi connectivity index (χ2v) is 6.00. The molecule has 0 radical (unpaired) electrons. The molecule has 1 N–H and O–H groups in total. The monoisotopic (exact) mass is 244 g/mol. The maximum absolute atomic E-state index is 3.64. The fraction of sp³-hybridized carbons (Fsp3) is 0.625. The van der Waals surface area contributed by atoms with Gasteiger partial charge in [-0.15, -0.1) is 0 Å². The minimum atomic E-state index is 0.868. The molecule has 0 saturated carbocycles. The molecule has 2 unspecified atom stereocenters. The zero-order valence-electron chi connectivity index (χ0n) is 11.3. The van der Waals surface area contributed by atoms with Crippen molar-refractivity contribution in [3.8, 4) is 0 Å². The summed E-state index contributed by atoms with van der Waals surface area (Å²) in [6, 6.07) is 12.5. The van der Waals surface area contributed by atoms with Crippen LogP contribution in [0.5, 0.6) is 0 Å². The van der Waals surface area contributed by atoms with Crippen LogP contribution >= 0.6 is 0 Å². The molecule has 2 bridgehead atoms. The van der Waals surface area contributed by atoms with Gasteiger partial charge in [-0.25, -0.2) is 0 Å². The molecule has 98 valence electrons. The van der Waals surface area contributed by atoms with E-state index < -0.39 is 0 Å². The summed E-state index contributed by atoms with van der Waals surface area (Å²) in [5, 5.41) is 3.64.